The number of nitrogens with zero attached hydrogens (tertiary/aromatic N) is 1. The second-order valence-corrected chi connectivity index (χ2v) is 6.66. The highest BCUT2D eigenvalue weighted by Gasteiger charge is 2.08. The zero-order valence-corrected chi connectivity index (χ0v) is 13.6. The SMILES string of the molecule is CCc1ccc(C(C)Nc2ccc(CN(C)C)cc2)s1. The summed E-state index contributed by atoms with van der Waals surface area (Å²) < 4.78 is 0. The van der Waals surface area contributed by atoms with Gasteiger partial charge >= 0.3 is 0 Å². The average molecular weight is 288 g/mol. The maximum Gasteiger partial charge on any atom is 0.0578 e. The van der Waals surface area contributed by atoms with E-state index in [1.165, 1.54) is 21.0 Å². The van der Waals surface area contributed by atoms with Gasteiger partial charge in [0.15, 0.2) is 0 Å². The van der Waals surface area contributed by atoms with Crippen molar-refractivity contribution in [1.29, 1.82) is 0 Å². The van der Waals surface area contributed by atoms with Gasteiger partial charge in [-0.05, 0) is 57.3 Å². The first-order chi connectivity index (χ1) is 9.58. The molecule has 0 fully saturated rings. The zero-order valence-electron chi connectivity index (χ0n) is 12.8. The largest absolute Gasteiger partial charge is 0.378 e. The number of aryl methyl sites for hydroxylation is 1. The minimum absolute atomic E-state index is 0.361. The number of thiophene rings is 1. The van der Waals surface area contributed by atoms with Gasteiger partial charge in [0.2, 0.25) is 0 Å². The third-order valence-electron chi connectivity index (χ3n) is 3.29. The van der Waals surface area contributed by atoms with Gasteiger partial charge in [-0.2, -0.15) is 0 Å². The molecular formula is C17H24N2S. The van der Waals surface area contributed by atoms with Crippen molar-refractivity contribution in [3.8, 4) is 0 Å². The third-order valence-corrected chi connectivity index (χ3v) is 4.71. The fraction of sp³-hybridized carbons (Fsp3) is 0.412. The number of hydrogen-bond donors (Lipinski definition) is 1. The summed E-state index contributed by atoms with van der Waals surface area (Å²) in [6.07, 6.45) is 1.12. The van der Waals surface area contributed by atoms with Gasteiger partial charge in [-0.15, -0.1) is 11.3 Å². The summed E-state index contributed by atoms with van der Waals surface area (Å²) in [5, 5.41) is 3.57. The van der Waals surface area contributed by atoms with E-state index in [4.69, 9.17) is 0 Å². The number of benzene rings is 1. The Hall–Kier alpha value is -1.32. The van der Waals surface area contributed by atoms with Gasteiger partial charge in [-0.25, -0.2) is 0 Å². The monoisotopic (exact) mass is 288 g/mol. The molecule has 1 heterocycles. The molecule has 0 aliphatic carbocycles. The Labute approximate surface area is 126 Å². The highest BCUT2D eigenvalue weighted by Crippen LogP contribution is 2.26. The molecule has 1 N–H and O–H groups in total. The van der Waals surface area contributed by atoms with Crippen LogP contribution < -0.4 is 5.32 Å². The first-order valence-corrected chi connectivity index (χ1v) is 7.99. The van der Waals surface area contributed by atoms with E-state index in [9.17, 15) is 0 Å². The van der Waals surface area contributed by atoms with Gasteiger partial charge in [-0.1, -0.05) is 19.1 Å². The molecule has 2 aromatic rings. The molecule has 1 aromatic heterocycles. The van der Waals surface area contributed by atoms with Crippen molar-refractivity contribution in [2.24, 2.45) is 0 Å². The van der Waals surface area contributed by atoms with Crippen LogP contribution >= 0.6 is 11.3 Å². The Balaban J connectivity index is 1.98. The Morgan fingerprint density at radius 2 is 1.80 bits per heavy atom. The van der Waals surface area contributed by atoms with Crippen molar-refractivity contribution >= 4 is 17.0 Å². The van der Waals surface area contributed by atoms with Gasteiger partial charge in [0.25, 0.3) is 0 Å². The van der Waals surface area contributed by atoms with Gasteiger partial charge in [0, 0.05) is 22.0 Å². The molecule has 108 valence electrons. The van der Waals surface area contributed by atoms with Crippen molar-refractivity contribution in [3.05, 3.63) is 51.7 Å². The van der Waals surface area contributed by atoms with E-state index in [2.05, 4.69) is 74.6 Å². The number of rotatable bonds is 6. The second kappa shape index (κ2) is 6.91. The Morgan fingerprint density at radius 3 is 2.35 bits per heavy atom. The average Bonchev–Trinajstić information content (AvgIpc) is 2.89. The molecular weight excluding hydrogens is 264 g/mol. The van der Waals surface area contributed by atoms with Crippen molar-refractivity contribution in [3.63, 3.8) is 0 Å². The molecule has 0 bridgehead atoms. The molecule has 1 aromatic carbocycles. The number of anilines is 1. The van der Waals surface area contributed by atoms with E-state index >= 15 is 0 Å². The number of hydrogen-bond acceptors (Lipinski definition) is 3. The van der Waals surface area contributed by atoms with Crippen LogP contribution in [0, 0.1) is 0 Å². The van der Waals surface area contributed by atoms with E-state index in [0.717, 1.165) is 13.0 Å². The maximum absolute atomic E-state index is 3.57. The minimum Gasteiger partial charge on any atom is -0.378 e. The van der Waals surface area contributed by atoms with Crippen LogP contribution in [0.3, 0.4) is 0 Å². The molecule has 0 radical (unpaired) electrons. The summed E-state index contributed by atoms with van der Waals surface area (Å²) in [7, 11) is 4.19. The topological polar surface area (TPSA) is 15.3 Å². The van der Waals surface area contributed by atoms with Crippen molar-refractivity contribution < 1.29 is 0 Å². The summed E-state index contributed by atoms with van der Waals surface area (Å²) >= 11 is 1.90. The summed E-state index contributed by atoms with van der Waals surface area (Å²) in [5.41, 5.74) is 2.53. The summed E-state index contributed by atoms with van der Waals surface area (Å²) in [6.45, 7) is 5.41. The van der Waals surface area contributed by atoms with E-state index < -0.39 is 0 Å². The second-order valence-electron chi connectivity index (χ2n) is 5.46. The van der Waals surface area contributed by atoms with Gasteiger partial charge in [-0.3, -0.25) is 0 Å². The van der Waals surface area contributed by atoms with Crippen molar-refractivity contribution in [2.75, 3.05) is 19.4 Å². The standard InChI is InChI=1S/C17H24N2S/c1-5-16-10-11-17(20-16)13(2)18-15-8-6-14(7-9-15)12-19(3)4/h6-11,13,18H,5,12H2,1-4H3. The van der Waals surface area contributed by atoms with Gasteiger partial charge in [0.05, 0.1) is 6.04 Å². The molecule has 0 saturated heterocycles. The first kappa shape index (κ1) is 15.1. The predicted molar refractivity (Wildman–Crippen MR) is 89.6 cm³/mol. The summed E-state index contributed by atoms with van der Waals surface area (Å²) in [5.74, 6) is 0. The molecule has 1 atom stereocenters. The quantitative estimate of drug-likeness (QED) is 0.839. The third kappa shape index (κ3) is 4.09. The lowest BCUT2D eigenvalue weighted by Gasteiger charge is -2.15. The van der Waals surface area contributed by atoms with Crippen molar-refractivity contribution in [1.82, 2.24) is 4.90 Å². The zero-order chi connectivity index (χ0) is 14.5. The smallest absolute Gasteiger partial charge is 0.0578 e. The Bertz CT molecular complexity index is 528. The molecule has 0 saturated carbocycles. The summed E-state index contributed by atoms with van der Waals surface area (Å²) in [6, 6.07) is 13.6. The van der Waals surface area contributed by atoms with Crippen LogP contribution in [0.5, 0.6) is 0 Å². The predicted octanol–water partition coefficient (Wildman–Crippen LogP) is 4.55. The molecule has 1 unspecified atom stereocenters. The molecule has 0 aliphatic heterocycles. The van der Waals surface area contributed by atoms with E-state index in [0.29, 0.717) is 6.04 Å². The van der Waals surface area contributed by atoms with Crippen LogP contribution in [0.25, 0.3) is 0 Å². The highest BCUT2D eigenvalue weighted by atomic mass is 32.1. The maximum atomic E-state index is 3.57. The molecule has 2 rings (SSSR count). The molecule has 0 aliphatic rings. The fourth-order valence-corrected chi connectivity index (χ4v) is 3.16. The Kier molecular flexibility index (Phi) is 5.21. The van der Waals surface area contributed by atoms with Crippen molar-refractivity contribution in [2.45, 2.75) is 32.9 Å². The minimum atomic E-state index is 0.361. The Morgan fingerprint density at radius 1 is 1.10 bits per heavy atom. The molecule has 20 heavy (non-hydrogen) atoms. The molecule has 2 nitrogen and oxygen atoms in total. The van der Waals surface area contributed by atoms with Crippen LogP contribution in [0.1, 0.15) is 35.2 Å². The summed E-state index contributed by atoms with van der Waals surface area (Å²) in [4.78, 5) is 5.04. The normalized spacial score (nSPS) is 12.7. The highest BCUT2D eigenvalue weighted by molar-refractivity contribution is 7.12. The lowest BCUT2D eigenvalue weighted by Crippen LogP contribution is -2.10. The first-order valence-electron chi connectivity index (χ1n) is 7.17. The lowest BCUT2D eigenvalue weighted by molar-refractivity contribution is 0.402. The lowest BCUT2D eigenvalue weighted by atomic mass is 10.2. The van der Waals surface area contributed by atoms with Crippen LogP contribution in [-0.4, -0.2) is 19.0 Å². The molecule has 0 spiro atoms. The van der Waals surface area contributed by atoms with Crippen LogP contribution in [-0.2, 0) is 13.0 Å². The van der Waals surface area contributed by atoms with Gasteiger partial charge < -0.3 is 10.2 Å². The van der Waals surface area contributed by atoms with Crippen LogP contribution in [0.4, 0.5) is 5.69 Å². The van der Waals surface area contributed by atoms with E-state index in [1.54, 1.807) is 0 Å². The van der Waals surface area contributed by atoms with Crippen LogP contribution in [0.2, 0.25) is 0 Å². The van der Waals surface area contributed by atoms with Gasteiger partial charge in [0.1, 0.15) is 0 Å². The van der Waals surface area contributed by atoms with Crippen LogP contribution in [0.15, 0.2) is 36.4 Å². The number of nitrogens with one attached hydrogen (secondary N) is 1. The molecule has 3 heteroatoms. The van der Waals surface area contributed by atoms with E-state index in [1.807, 2.05) is 11.3 Å². The van der Waals surface area contributed by atoms with E-state index in [-0.39, 0.29) is 0 Å². The fourth-order valence-electron chi connectivity index (χ4n) is 2.21. The molecule has 0 amide bonds.